The van der Waals surface area contributed by atoms with Crippen molar-refractivity contribution in [2.24, 2.45) is 0 Å². The fourth-order valence-electron chi connectivity index (χ4n) is 0.941. The third-order valence-corrected chi connectivity index (χ3v) is 3.62. The van der Waals surface area contributed by atoms with Gasteiger partial charge < -0.3 is 5.11 Å². The number of hydrogen-bond donors (Lipinski definition) is 1. The lowest BCUT2D eigenvalue weighted by Crippen LogP contribution is -2.11. The second-order valence-corrected chi connectivity index (χ2v) is 6.42. The Balaban J connectivity index is 2.87. The third-order valence-electron chi connectivity index (χ3n) is 1.56. The van der Waals surface area contributed by atoms with Gasteiger partial charge in [-0.25, -0.2) is 13.4 Å². The molecule has 0 spiro atoms. The molecule has 0 aliphatic heterocycles. The van der Waals surface area contributed by atoms with Gasteiger partial charge in [0.1, 0.15) is 15.9 Å². The summed E-state index contributed by atoms with van der Waals surface area (Å²) in [4.78, 5) is 2.96. The van der Waals surface area contributed by atoms with Crippen molar-refractivity contribution in [1.29, 1.82) is 0 Å². The Kier molecular flexibility index (Phi) is 3.60. The van der Waals surface area contributed by atoms with Crippen LogP contribution in [0.15, 0.2) is 6.20 Å². The van der Waals surface area contributed by atoms with Gasteiger partial charge in [-0.15, -0.1) is 11.3 Å². The highest BCUT2D eigenvalue weighted by molar-refractivity contribution is 7.90. The summed E-state index contributed by atoms with van der Waals surface area (Å²) >= 11 is 0.238. The minimum absolute atomic E-state index is 0.113. The van der Waals surface area contributed by atoms with Crippen molar-refractivity contribution in [3.63, 3.8) is 0 Å². The molecule has 0 aliphatic rings. The molecule has 1 heterocycles. The molecule has 1 aromatic rings. The van der Waals surface area contributed by atoms with Crippen molar-refractivity contribution in [2.45, 2.75) is 12.3 Å². The number of sulfone groups is 1. The summed E-state index contributed by atoms with van der Waals surface area (Å²) < 4.78 is 58.1. The smallest absolute Gasteiger partial charge is 0.386 e. The minimum Gasteiger partial charge on any atom is -0.386 e. The molecule has 0 saturated heterocycles. The van der Waals surface area contributed by atoms with Crippen LogP contribution in [0.3, 0.4) is 0 Å². The molecule has 0 saturated carbocycles. The molecular weight excluding hydrogens is 267 g/mol. The molecule has 0 fully saturated rings. The van der Waals surface area contributed by atoms with Gasteiger partial charge in [-0.05, 0) is 0 Å². The SMILES string of the molecule is CS(=O)(=O)CC(O)c1cnc(C(F)(F)F)s1. The number of rotatable bonds is 3. The van der Waals surface area contributed by atoms with E-state index >= 15 is 0 Å². The molecule has 1 unspecified atom stereocenters. The van der Waals surface area contributed by atoms with E-state index in [2.05, 4.69) is 4.98 Å². The van der Waals surface area contributed by atoms with Gasteiger partial charge in [0.2, 0.25) is 0 Å². The molecule has 0 amide bonds. The Morgan fingerprint density at radius 1 is 1.56 bits per heavy atom. The average molecular weight is 275 g/mol. The molecule has 1 rings (SSSR count). The summed E-state index contributed by atoms with van der Waals surface area (Å²) in [6, 6.07) is 0. The van der Waals surface area contributed by atoms with Gasteiger partial charge in [0, 0.05) is 12.5 Å². The lowest BCUT2D eigenvalue weighted by atomic mass is 10.4. The summed E-state index contributed by atoms with van der Waals surface area (Å²) in [5.74, 6) is -0.619. The fraction of sp³-hybridized carbons (Fsp3) is 0.571. The molecule has 9 heteroatoms. The summed E-state index contributed by atoms with van der Waals surface area (Å²) in [5, 5.41) is 8.26. The minimum atomic E-state index is -4.58. The van der Waals surface area contributed by atoms with E-state index in [0.29, 0.717) is 0 Å². The summed E-state index contributed by atoms with van der Waals surface area (Å²) in [6.45, 7) is 0. The van der Waals surface area contributed by atoms with Gasteiger partial charge in [-0.3, -0.25) is 0 Å². The van der Waals surface area contributed by atoms with Crippen LogP contribution in [-0.2, 0) is 16.0 Å². The maximum absolute atomic E-state index is 12.2. The standard InChI is InChI=1S/C7H8F3NO3S2/c1-16(13,14)3-4(12)5-2-11-6(15-5)7(8,9)10/h2,4,12H,3H2,1H3. The van der Waals surface area contributed by atoms with Crippen LogP contribution in [0.4, 0.5) is 13.2 Å². The van der Waals surface area contributed by atoms with E-state index < -0.39 is 32.9 Å². The van der Waals surface area contributed by atoms with E-state index in [1.54, 1.807) is 0 Å². The van der Waals surface area contributed by atoms with E-state index in [0.717, 1.165) is 12.5 Å². The number of halogens is 3. The largest absolute Gasteiger partial charge is 0.443 e. The topological polar surface area (TPSA) is 67.3 Å². The summed E-state index contributed by atoms with van der Waals surface area (Å²) in [7, 11) is -3.45. The first-order chi connectivity index (χ1) is 7.09. The number of aromatic nitrogens is 1. The van der Waals surface area contributed by atoms with Crippen LogP contribution < -0.4 is 0 Å². The van der Waals surface area contributed by atoms with Crippen LogP contribution in [0.2, 0.25) is 0 Å². The average Bonchev–Trinajstić information content (AvgIpc) is 2.46. The molecule has 1 aromatic heterocycles. The van der Waals surface area contributed by atoms with E-state index in [1.807, 2.05) is 0 Å². The van der Waals surface area contributed by atoms with Crippen LogP contribution in [0.5, 0.6) is 0 Å². The van der Waals surface area contributed by atoms with Crippen molar-refractivity contribution >= 4 is 21.2 Å². The predicted octanol–water partition coefficient (Wildman–Crippen LogP) is 1.24. The summed E-state index contributed by atoms with van der Waals surface area (Å²) in [6.07, 6.45) is -4.32. The van der Waals surface area contributed by atoms with Gasteiger partial charge in [-0.2, -0.15) is 13.2 Å². The first-order valence-corrected chi connectivity index (χ1v) is 6.86. The quantitative estimate of drug-likeness (QED) is 0.901. The van der Waals surface area contributed by atoms with Crippen molar-refractivity contribution < 1.29 is 26.7 Å². The van der Waals surface area contributed by atoms with Crippen LogP contribution in [-0.4, -0.2) is 30.5 Å². The molecule has 1 atom stereocenters. The van der Waals surface area contributed by atoms with Gasteiger partial charge in [0.05, 0.1) is 10.6 Å². The van der Waals surface area contributed by atoms with Crippen LogP contribution >= 0.6 is 11.3 Å². The number of aliphatic hydroxyl groups is 1. The number of thiazole rings is 1. The zero-order valence-electron chi connectivity index (χ0n) is 8.02. The van der Waals surface area contributed by atoms with Crippen LogP contribution in [0.25, 0.3) is 0 Å². The highest BCUT2D eigenvalue weighted by atomic mass is 32.2. The first kappa shape index (κ1) is 13.4. The highest BCUT2D eigenvalue weighted by Gasteiger charge is 2.35. The van der Waals surface area contributed by atoms with E-state index in [9.17, 15) is 26.7 Å². The Labute approximate surface area is 93.7 Å². The van der Waals surface area contributed by atoms with Crippen molar-refractivity contribution in [1.82, 2.24) is 4.98 Å². The second-order valence-electron chi connectivity index (χ2n) is 3.17. The normalized spacial score (nSPS) is 15.1. The molecule has 0 radical (unpaired) electrons. The van der Waals surface area contributed by atoms with Crippen molar-refractivity contribution in [2.75, 3.05) is 12.0 Å². The number of hydrogen-bond acceptors (Lipinski definition) is 5. The zero-order valence-corrected chi connectivity index (χ0v) is 9.66. The molecule has 1 N–H and O–H groups in total. The first-order valence-electron chi connectivity index (χ1n) is 3.98. The molecule has 0 bridgehead atoms. The van der Waals surface area contributed by atoms with E-state index in [4.69, 9.17) is 0 Å². The molecule has 0 aromatic carbocycles. The maximum Gasteiger partial charge on any atom is 0.443 e. The van der Waals surface area contributed by atoms with Gasteiger partial charge in [-0.1, -0.05) is 0 Å². The second kappa shape index (κ2) is 4.30. The molecule has 0 aliphatic carbocycles. The number of nitrogens with zero attached hydrogens (tertiary/aromatic N) is 1. The van der Waals surface area contributed by atoms with Crippen LogP contribution in [0.1, 0.15) is 16.0 Å². The number of alkyl halides is 3. The van der Waals surface area contributed by atoms with Crippen molar-refractivity contribution in [3.8, 4) is 0 Å². The Morgan fingerprint density at radius 2 is 2.12 bits per heavy atom. The Hall–Kier alpha value is -0.670. The predicted molar refractivity (Wildman–Crippen MR) is 51.8 cm³/mol. The monoisotopic (exact) mass is 275 g/mol. The molecule has 16 heavy (non-hydrogen) atoms. The van der Waals surface area contributed by atoms with Gasteiger partial charge in [0.25, 0.3) is 0 Å². The van der Waals surface area contributed by atoms with Gasteiger partial charge in [0.15, 0.2) is 5.01 Å². The molecular formula is C7H8F3NO3S2. The highest BCUT2D eigenvalue weighted by Crippen LogP contribution is 2.34. The Bertz CT molecular complexity index is 465. The zero-order chi connectivity index (χ0) is 12.6. The molecule has 4 nitrogen and oxygen atoms in total. The van der Waals surface area contributed by atoms with Crippen LogP contribution in [0, 0.1) is 0 Å². The lowest BCUT2D eigenvalue weighted by molar-refractivity contribution is -0.137. The fourth-order valence-corrected chi connectivity index (χ4v) is 2.57. The van der Waals surface area contributed by atoms with Crippen molar-refractivity contribution in [3.05, 3.63) is 16.1 Å². The Morgan fingerprint density at radius 3 is 2.50 bits per heavy atom. The van der Waals surface area contributed by atoms with E-state index in [1.165, 1.54) is 0 Å². The third kappa shape index (κ3) is 3.72. The van der Waals surface area contributed by atoms with Gasteiger partial charge >= 0.3 is 6.18 Å². The summed E-state index contributed by atoms with van der Waals surface area (Å²) in [5.41, 5.74) is 0. The number of aliphatic hydroxyl groups excluding tert-OH is 1. The van der Waals surface area contributed by atoms with E-state index in [-0.39, 0.29) is 16.2 Å². The molecule has 92 valence electrons. The lowest BCUT2D eigenvalue weighted by Gasteiger charge is -2.05. The maximum atomic E-state index is 12.2.